The van der Waals surface area contributed by atoms with E-state index in [9.17, 15) is 9.59 Å². The second-order valence-corrected chi connectivity index (χ2v) is 6.16. The summed E-state index contributed by atoms with van der Waals surface area (Å²) in [5.74, 6) is 0.393. The van der Waals surface area contributed by atoms with Gasteiger partial charge in [0, 0.05) is 37.0 Å². The molecule has 128 valence electrons. The molecule has 1 atom stereocenters. The van der Waals surface area contributed by atoms with E-state index in [4.69, 9.17) is 11.0 Å². The van der Waals surface area contributed by atoms with Gasteiger partial charge in [-0.2, -0.15) is 5.26 Å². The van der Waals surface area contributed by atoms with E-state index in [1.54, 1.807) is 46.1 Å². The van der Waals surface area contributed by atoms with Crippen LogP contribution >= 0.6 is 0 Å². The number of amides is 2. The highest BCUT2D eigenvalue weighted by molar-refractivity contribution is 5.94. The number of carbonyl (C=O) groups is 2. The molecule has 0 bridgehead atoms. The molecule has 0 spiro atoms. The second kappa shape index (κ2) is 7.18. The fourth-order valence-corrected chi connectivity index (χ4v) is 3.22. The molecule has 1 saturated heterocycles. The molecule has 0 aliphatic carbocycles. The van der Waals surface area contributed by atoms with Gasteiger partial charge in [-0.15, -0.1) is 0 Å². The fourth-order valence-electron chi connectivity index (χ4n) is 3.22. The Hall–Kier alpha value is -3.14. The van der Waals surface area contributed by atoms with E-state index >= 15 is 0 Å². The van der Waals surface area contributed by atoms with Gasteiger partial charge in [0.1, 0.15) is 12.4 Å². The summed E-state index contributed by atoms with van der Waals surface area (Å²) in [6, 6.07) is 8.70. The second-order valence-electron chi connectivity index (χ2n) is 6.16. The van der Waals surface area contributed by atoms with Crippen molar-refractivity contribution in [3.8, 4) is 6.07 Å². The van der Waals surface area contributed by atoms with Crippen molar-refractivity contribution in [3.05, 3.63) is 53.6 Å². The van der Waals surface area contributed by atoms with Crippen molar-refractivity contribution in [1.29, 1.82) is 5.26 Å². The number of carbonyl (C=O) groups excluding carboxylic acids is 2. The number of hydrogen-bond donors (Lipinski definition) is 1. The molecule has 1 aliphatic heterocycles. The maximum absolute atomic E-state index is 12.7. The van der Waals surface area contributed by atoms with Crippen molar-refractivity contribution in [3.63, 3.8) is 0 Å². The SMILES string of the molecule is N#Cc1ccc(C(=O)N2CCCC(c3nccn3CC(N)=O)C2)cc1. The van der Waals surface area contributed by atoms with Crippen LogP contribution in [-0.4, -0.2) is 39.4 Å². The van der Waals surface area contributed by atoms with Gasteiger partial charge in [-0.3, -0.25) is 9.59 Å². The lowest BCUT2D eigenvalue weighted by Gasteiger charge is -2.32. The first-order valence-corrected chi connectivity index (χ1v) is 8.17. The van der Waals surface area contributed by atoms with Crippen LogP contribution in [0, 0.1) is 11.3 Å². The van der Waals surface area contributed by atoms with Crippen molar-refractivity contribution in [2.24, 2.45) is 5.73 Å². The Labute approximate surface area is 145 Å². The zero-order valence-corrected chi connectivity index (χ0v) is 13.8. The van der Waals surface area contributed by atoms with Gasteiger partial charge < -0.3 is 15.2 Å². The van der Waals surface area contributed by atoms with Crippen molar-refractivity contribution in [1.82, 2.24) is 14.5 Å². The van der Waals surface area contributed by atoms with Gasteiger partial charge in [0.05, 0.1) is 11.6 Å². The molecule has 2 N–H and O–H groups in total. The first-order valence-electron chi connectivity index (χ1n) is 8.17. The van der Waals surface area contributed by atoms with Crippen LogP contribution in [0.15, 0.2) is 36.7 Å². The maximum Gasteiger partial charge on any atom is 0.253 e. The molecular formula is C18H19N5O2. The summed E-state index contributed by atoms with van der Waals surface area (Å²) in [5.41, 5.74) is 6.38. The number of nitrogens with zero attached hydrogens (tertiary/aromatic N) is 4. The smallest absolute Gasteiger partial charge is 0.253 e. The first kappa shape index (κ1) is 16.7. The maximum atomic E-state index is 12.7. The molecule has 2 heterocycles. The largest absolute Gasteiger partial charge is 0.368 e. The summed E-state index contributed by atoms with van der Waals surface area (Å²) in [7, 11) is 0. The molecule has 1 aliphatic rings. The average molecular weight is 337 g/mol. The number of nitrogens with two attached hydrogens (primary N) is 1. The number of benzene rings is 1. The van der Waals surface area contributed by atoms with Crippen LogP contribution in [0.2, 0.25) is 0 Å². The Kier molecular flexibility index (Phi) is 4.80. The molecule has 1 fully saturated rings. The molecule has 0 saturated carbocycles. The quantitative estimate of drug-likeness (QED) is 0.906. The third-order valence-corrected chi connectivity index (χ3v) is 4.41. The van der Waals surface area contributed by atoms with E-state index < -0.39 is 5.91 Å². The van der Waals surface area contributed by atoms with Crippen molar-refractivity contribution in [2.45, 2.75) is 25.3 Å². The van der Waals surface area contributed by atoms with E-state index in [1.165, 1.54) is 0 Å². The number of hydrogen-bond acceptors (Lipinski definition) is 4. The van der Waals surface area contributed by atoms with Crippen LogP contribution < -0.4 is 5.73 Å². The number of piperidine rings is 1. The highest BCUT2D eigenvalue weighted by Crippen LogP contribution is 2.27. The highest BCUT2D eigenvalue weighted by Gasteiger charge is 2.28. The van der Waals surface area contributed by atoms with Gasteiger partial charge >= 0.3 is 0 Å². The van der Waals surface area contributed by atoms with Crippen LogP contribution in [-0.2, 0) is 11.3 Å². The number of rotatable bonds is 4. The standard InChI is InChI=1S/C18H19N5O2/c19-10-13-3-5-14(6-4-13)18(25)23-8-1-2-15(11-23)17-21-7-9-22(17)12-16(20)24/h3-7,9,15H,1-2,8,11-12H2,(H2,20,24). The molecule has 1 unspecified atom stereocenters. The zero-order chi connectivity index (χ0) is 17.8. The van der Waals surface area contributed by atoms with Gasteiger partial charge in [-0.25, -0.2) is 4.98 Å². The van der Waals surface area contributed by atoms with Crippen LogP contribution in [0.5, 0.6) is 0 Å². The van der Waals surface area contributed by atoms with Gasteiger partial charge in [0.15, 0.2) is 0 Å². The predicted octanol–water partition coefficient (Wildman–Crippen LogP) is 1.26. The minimum Gasteiger partial charge on any atom is -0.368 e. The summed E-state index contributed by atoms with van der Waals surface area (Å²) < 4.78 is 1.75. The summed E-state index contributed by atoms with van der Waals surface area (Å²) in [6.07, 6.45) is 5.17. The molecule has 3 rings (SSSR count). The monoisotopic (exact) mass is 337 g/mol. The molecular weight excluding hydrogens is 318 g/mol. The number of aromatic nitrogens is 2. The summed E-state index contributed by atoms with van der Waals surface area (Å²) in [5, 5.41) is 8.86. The highest BCUT2D eigenvalue weighted by atomic mass is 16.2. The third-order valence-electron chi connectivity index (χ3n) is 4.41. The number of imidazole rings is 1. The molecule has 2 amide bonds. The minimum absolute atomic E-state index is 0.0535. The lowest BCUT2D eigenvalue weighted by atomic mass is 9.96. The zero-order valence-electron chi connectivity index (χ0n) is 13.8. The molecule has 1 aromatic heterocycles. The molecule has 1 aromatic carbocycles. The van der Waals surface area contributed by atoms with E-state index in [2.05, 4.69) is 4.98 Å². The van der Waals surface area contributed by atoms with Crippen LogP contribution in [0.4, 0.5) is 0 Å². The number of primary amides is 1. The van der Waals surface area contributed by atoms with Crippen LogP contribution in [0.1, 0.15) is 40.5 Å². The summed E-state index contributed by atoms with van der Waals surface area (Å²) >= 11 is 0. The molecule has 7 heteroatoms. The number of likely N-dealkylation sites (tertiary alicyclic amines) is 1. The Morgan fingerprint density at radius 3 is 2.76 bits per heavy atom. The van der Waals surface area contributed by atoms with E-state index in [1.807, 2.05) is 6.07 Å². The minimum atomic E-state index is -0.416. The van der Waals surface area contributed by atoms with Gasteiger partial charge in [0.25, 0.3) is 5.91 Å². The Morgan fingerprint density at radius 1 is 1.32 bits per heavy atom. The Balaban J connectivity index is 1.74. The van der Waals surface area contributed by atoms with Gasteiger partial charge in [-0.1, -0.05) is 0 Å². The molecule has 25 heavy (non-hydrogen) atoms. The Bertz CT molecular complexity index is 819. The molecule has 7 nitrogen and oxygen atoms in total. The lowest BCUT2D eigenvalue weighted by Crippen LogP contribution is -2.40. The predicted molar refractivity (Wildman–Crippen MR) is 90.5 cm³/mol. The van der Waals surface area contributed by atoms with Crippen molar-refractivity contribution >= 4 is 11.8 Å². The van der Waals surface area contributed by atoms with Crippen LogP contribution in [0.3, 0.4) is 0 Å². The normalized spacial score (nSPS) is 17.1. The van der Waals surface area contributed by atoms with E-state index in [0.29, 0.717) is 24.2 Å². The lowest BCUT2D eigenvalue weighted by molar-refractivity contribution is -0.118. The average Bonchev–Trinajstić information content (AvgIpc) is 3.08. The topological polar surface area (TPSA) is 105 Å². The van der Waals surface area contributed by atoms with E-state index in [0.717, 1.165) is 18.7 Å². The first-order chi connectivity index (χ1) is 12.1. The number of nitriles is 1. The summed E-state index contributed by atoms with van der Waals surface area (Å²) in [4.78, 5) is 30.1. The Morgan fingerprint density at radius 2 is 2.08 bits per heavy atom. The summed E-state index contributed by atoms with van der Waals surface area (Å²) in [6.45, 7) is 1.33. The molecule has 0 radical (unpaired) electrons. The molecule has 2 aromatic rings. The van der Waals surface area contributed by atoms with Crippen molar-refractivity contribution < 1.29 is 9.59 Å². The third kappa shape index (κ3) is 3.69. The van der Waals surface area contributed by atoms with E-state index in [-0.39, 0.29) is 18.4 Å². The van der Waals surface area contributed by atoms with Gasteiger partial charge in [0.2, 0.25) is 5.91 Å². The fraction of sp³-hybridized carbons (Fsp3) is 0.333. The van der Waals surface area contributed by atoms with Gasteiger partial charge in [-0.05, 0) is 37.1 Å². The van der Waals surface area contributed by atoms with Crippen molar-refractivity contribution in [2.75, 3.05) is 13.1 Å². The van der Waals surface area contributed by atoms with Crippen LogP contribution in [0.25, 0.3) is 0 Å².